The van der Waals surface area contributed by atoms with Gasteiger partial charge in [-0.3, -0.25) is 0 Å². The molecule has 220 valence electrons. The summed E-state index contributed by atoms with van der Waals surface area (Å²) < 4.78 is 31.5. The fourth-order valence-corrected chi connectivity index (χ4v) is 36.0. The molecule has 0 aliphatic carbocycles. The summed E-state index contributed by atoms with van der Waals surface area (Å²) in [6, 6.07) is 1.00. The van der Waals surface area contributed by atoms with Gasteiger partial charge in [-0.15, -0.1) is 0 Å². The van der Waals surface area contributed by atoms with Crippen molar-refractivity contribution >= 4 is 57.7 Å². The normalized spacial score (nSPS) is 17.2. The Balaban J connectivity index is 0. The van der Waals surface area contributed by atoms with E-state index in [9.17, 15) is 0 Å². The summed E-state index contributed by atoms with van der Waals surface area (Å²) in [6.07, 6.45) is 1.06. The molecule has 0 amide bonds. The minimum Gasteiger partial charge on any atom is -0.439 e. The number of rotatable bonds is 16. The maximum Gasteiger partial charge on any atom is 0.315 e. The zero-order valence-electron chi connectivity index (χ0n) is 27.2. The highest BCUT2D eigenvalue weighted by Gasteiger charge is 2.47. The molecule has 0 saturated carbocycles. The zero-order chi connectivity index (χ0) is 29.3. The fourth-order valence-electron chi connectivity index (χ4n) is 3.90. The number of nitrogens with two attached hydrogens (primary N) is 1. The Morgan fingerprint density at radius 2 is 1.03 bits per heavy atom. The molecule has 2 unspecified atom stereocenters. The molecule has 2 atom stereocenters. The van der Waals surface area contributed by atoms with Crippen molar-refractivity contribution < 1.29 is 20.9 Å². The van der Waals surface area contributed by atoms with Gasteiger partial charge in [0.1, 0.15) is 7.59 Å². The third-order valence-electron chi connectivity index (χ3n) is 5.09. The summed E-state index contributed by atoms with van der Waals surface area (Å²) in [4.78, 5) is 0. The highest BCUT2D eigenvalue weighted by Crippen LogP contribution is 2.28. The van der Waals surface area contributed by atoms with Crippen molar-refractivity contribution in [2.24, 2.45) is 5.73 Å². The average molecular weight is 633 g/mol. The topological polar surface area (TPSA) is 84.2 Å². The van der Waals surface area contributed by atoms with E-state index in [0.29, 0.717) is 6.54 Å². The van der Waals surface area contributed by atoms with Crippen molar-refractivity contribution in [2.75, 3.05) is 26.7 Å². The van der Waals surface area contributed by atoms with E-state index in [1.807, 2.05) is 7.11 Å². The monoisotopic (exact) mass is 632 g/mol. The first-order chi connectivity index (χ1) is 15.7. The van der Waals surface area contributed by atoms with Crippen molar-refractivity contribution in [1.82, 2.24) is 5.32 Å². The summed E-state index contributed by atoms with van der Waals surface area (Å²) in [5, 5.41) is 3.36. The minimum absolute atomic E-state index is 0.681. The van der Waals surface area contributed by atoms with Gasteiger partial charge in [0, 0.05) is 20.2 Å². The maximum atomic E-state index is 6.63. The summed E-state index contributed by atoms with van der Waals surface area (Å²) in [7, 11) is -10.5. The molecule has 0 fully saturated rings. The first-order valence-corrected chi connectivity index (χ1v) is 35.8. The Labute approximate surface area is 232 Å². The van der Waals surface area contributed by atoms with Crippen LogP contribution in [0.1, 0.15) is 6.42 Å². The largest absolute Gasteiger partial charge is 0.439 e. The second kappa shape index (κ2) is 15.3. The number of nitrogens with one attached hydrogen (secondary N) is 1. The molecular formula is C22H64N2O5Si7. The van der Waals surface area contributed by atoms with Gasteiger partial charge in [-0.1, -0.05) is 19.6 Å². The van der Waals surface area contributed by atoms with E-state index >= 15 is 0 Å². The Bertz CT molecular complexity index is 620. The summed E-state index contributed by atoms with van der Waals surface area (Å²) >= 11 is 0. The summed E-state index contributed by atoms with van der Waals surface area (Å²) in [5.74, 6) is 0. The highest BCUT2D eigenvalue weighted by atomic mass is 29.3. The molecule has 0 heterocycles. The van der Waals surface area contributed by atoms with Crippen molar-refractivity contribution in [3.05, 3.63) is 0 Å². The number of hydrogen-bond acceptors (Lipinski definition) is 7. The average Bonchev–Trinajstić information content (AvgIpc) is 2.55. The molecule has 0 saturated heterocycles. The predicted octanol–water partition coefficient (Wildman–Crippen LogP) is 6.39. The van der Waals surface area contributed by atoms with Crippen molar-refractivity contribution in [2.45, 2.75) is 117 Å². The molecule has 3 N–H and O–H groups in total. The summed E-state index contributed by atoms with van der Waals surface area (Å²) in [6.45, 7) is 38.4. The van der Waals surface area contributed by atoms with E-state index in [0.717, 1.165) is 25.6 Å². The zero-order valence-corrected chi connectivity index (χ0v) is 34.2. The van der Waals surface area contributed by atoms with Gasteiger partial charge in [0.15, 0.2) is 25.0 Å². The SMILES string of the molecule is CO[Si](C)(O[Si](C)(C)C)[Si](C)(C)C.C[Si](C)(C)O[Si](C)(C)O[Si](C)(CCCNCCN)O[Si](C)(C)C. The van der Waals surface area contributed by atoms with Gasteiger partial charge in [-0.2, -0.15) is 0 Å². The lowest BCUT2D eigenvalue weighted by Gasteiger charge is -2.41. The quantitative estimate of drug-likeness (QED) is 0.151. The van der Waals surface area contributed by atoms with Crippen LogP contribution in [0.2, 0.25) is 111 Å². The molecule has 0 spiro atoms. The van der Waals surface area contributed by atoms with E-state index in [1.54, 1.807) is 0 Å². The van der Waals surface area contributed by atoms with E-state index in [2.05, 4.69) is 110 Å². The van der Waals surface area contributed by atoms with Gasteiger partial charge in [-0.25, -0.2) is 0 Å². The van der Waals surface area contributed by atoms with Crippen molar-refractivity contribution in [3.63, 3.8) is 0 Å². The van der Waals surface area contributed by atoms with Crippen LogP contribution >= 0.6 is 0 Å². The van der Waals surface area contributed by atoms with Crippen LogP contribution in [0.3, 0.4) is 0 Å². The van der Waals surface area contributed by atoms with Crippen LogP contribution in [0.15, 0.2) is 0 Å². The molecule has 7 nitrogen and oxygen atoms in total. The van der Waals surface area contributed by atoms with Gasteiger partial charge >= 0.3 is 25.2 Å². The molecule has 0 bridgehead atoms. The van der Waals surface area contributed by atoms with Crippen LogP contribution in [0.4, 0.5) is 0 Å². The standard InChI is InChI=1S/C14H40N2O3Si4.C8H24O2Si3/c1-20(2,3)17-22(7,8)19-23(9,18-21(4,5)6)14-10-12-16-13-11-15;1-9-13(8,12(5,6)7)10-11(2,3)4/h16H,10-15H2,1-9H3;1-8H3. The minimum atomic E-state index is -2.23. The molecular weight excluding hydrogens is 569 g/mol. The van der Waals surface area contributed by atoms with Crippen LogP contribution in [0, 0.1) is 0 Å². The predicted molar refractivity (Wildman–Crippen MR) is 177 cm³/mol. The van der Waals surface area contributed by atoms with Crippen LogP contribution in [0.25, 0.3) is 0 Å². The molecule has 14 heteroatoms. The van der Waals surface area contributed by atoms with Gasteiger partial charge in [0.05, 0.1) is 0 Å². The first kappa shape index (κ1) is 39.4. The van der Waals surface area contributed by atoms with Crippen LogP contribution < -0.4 is 11.1 Å². The van der Waals surface area contributed by atoms with Gasteiger partial charge in [0.25, 0.3) is 0 Å². The summed E-state index contributed by atoms with van der Waals surface area (Å²) in [5.41, 5.74) is 5.52. The number of hydrogen-bond donors (Lipinski definition) is 2. The van der Waals surface area contributed by atoms with Crippen LogP contribution in [-0.2, 0) is 20.9 Å². The molecule has 0 aromatic heterocycles. The smallest absolute Gasteiger partial charge is 0.315 e. The Hall–Kier alpha value is 1.24. The van der Waals surface area contributed by atoms with Crippen molar-refractivity contribution in [1.29, 1.82) is 0 Å². The Kier molecular flexibility index (Phi) is 16.7. The Morgan fingerprint density at radius 3 is 1.33 bits per heavy atom. The second-order valence-electron chi connectivity index (χ2n) is 14.3. The fraction of sp³-hybridized carbons (Fsp3) is 1.00. The molecule has 0 aliphatic heterocycles. The third-order valence-corrected chi connectivity index (χ3v) is 35.9. The molecule has 0 aliphatic rings. The van der Waals surface area contributed by atoms with E-state index in [4.69, 9.17) is 26.6 Å². The van der Waals surface area contributed by atoms with Gasteiger partial charge < -0.3 is 31.9 Å². The third kappa shape index (κ3) is 20.2. The molecule has 0 rings (SSSR count). The van der Waals surface area contributed by atoms with Crippen LogP contribution in [-0.4, -0.2) is 84.5 Å². The molecule has 0 aromatic rings. The molecule has 0 radical (unpaired) electrons. The second-order valence-corrected chi connectivity index (χ2v) is 49.9. The van der Waals surface area contributed by atoms with Crippen LogP contribution in [0.5, 0.6) is 0 Å². The van der Waals surface area contributed by atoms with Gasteiger partial charge in [0.2, 0.25) is 0 Å². The van der Waals surface area contributed by atoms with E-state index in [-0.39, 0.29) is 0 Å². The first-order valence-electron chi connectivity index (χ1n) is 13.5. The maximum absolute atomic E-state index is 6.63. The van der Waals surface area contributed by atoms with Gasteiger partial charge in [-0.05, 0) is 104 Å². The highest BCUT2D eigenvalue weighted by molar-refractivity contribution is 7.36. The van der Waals surface area contributed by atoms with E-state index < -0.39 is 57.7 Å². The van der Waals surface area contributed by atoms with Crippen molar-refractivity contribution in [3.8, 4) is 0 Å². The lowest BCUT2D eigenvalue weighted by molar-refractivity contribution is 0.321. The Morgan fingerprint density at radius 1 is 0.583 bits per heavy atom. The molecule has 36 heavy (non-hydrogen) atoms. The van der Waals surface area contributed by atoms with E-state index in [1.165, 1.54) is 0 Å². The lowest BCUT2D eigenvalue weighted by Crippen LogP contribution is -2.62. The lowest BCUT2D eigenvalue weighted by atomic mass is 10.5. The molecule has 0 aromatic carbocycles.